The number of nitrogens with zero attached hydrogens (tertiary/aromatic N) is 2. The Morgan fingerprint density at radius 3 is 2.56 bits per heavy atom. The third-order valence-corrected chi connectivity index (χ3v) is 5.87. The molecule has 1 fully saturated rings. The van der Waals surface area contributed by atoms with E-state index in [4.69, 9.17) is 0 Å². The van der Waals surface area contributed by atoms with Crippen molar-refractivity contribution in [2.75, 3.05) is 38.0 Å². The molecular formula is C21H27N3O2S. The van der Waals surface area contributed by atoms with Crippen LogP contribution in [0.5, 0.6) is 0 Å². The Hall–Kier alpha value is -2.18. The van der Waals surface area contributed by atoms with Gasteiger partial charge in [-0.1, -0.05) is 31.2 Å². The maximum atomic E-state index is 12.4. The highest BCUT2D eigenvalue weighted by Gasteiger charge is 2.22. The van der Waals surface area contributed by atoms with Crippen molar-refractivity contribution in [3.8, 4) is 0 Å². The fraction of sp³-hybridized carbons (Fsp3) is 0.429. The number of hydrogen-bond donors (Lipinski definition) is 1. The summed E-state index contributed by atoms with van der Waals surface area (Å²) in [6.07, 6.45) is 2.27. The highest BCUT2D eigenvalue weighted by molar-refractivity contribution is 7.09. The minimum atomic E-state index is 0.00775. The molecular weight excluding hydrogens is 358 g/mol. The molecule has 5 nitrogen and oxygen atoms in total. The van der Waals surface area contributed by atoms with Gasteiger partial charge in [0.2, 0.25) is 11.8 Å². The molecule has 6 heteroatoms. The number of nitrogens with one attached hydrogen (secondary N) is 1. The second-order valence-electron chi connectivity index (χ2n) is 6.80. The first-order valence-electron chi connectivity index (χ1n) is 9.56. The average Bonchev–Trinajstić information content (AvgIpc) is 3.20. The van der Waals surface area contributed by atoms with Gasteiger partial charge in [0, 0.05) is 43.2 Å². The summed E-state index contributed by atoms with van der Waals surface area (Å²) in [7, 11) is 0. The minimum absolute atomic E-state index is 0.00775. The van der Waals surface area contributed by atoms with Crippen LogP contribution in [0.3, 0.4) is 0 Å². The fourth-order valence-corrected chi connectivity index (χ4v) is 4.05. The average molecular weight is 386 g/mol. The smallest absolute Gasteiger partial charge is 0.238 e. The van der Waals surface area contributed by atoms with Crippen LogP contribution in [0.2, 0.25) is 0 Å². The van der Waals surface area contributed by atoms with Gasteiger partial charge in [-0.15, -0.1) is 11.3 Å². The van der Waals surface area contributed by atoms with Gasteiger partial charge >= 0.3 is 0 Å². The van der Waals surface area contributed by atoms with Gasteiger partial charge in [-0.3, -0.25) is 14.5 Å². The largest absolute Gasteiger partial charge is 0.340 e. The molecule has 2 aromatic rings. The number of hydrogen-bond acceptors (Lipinski definition) is 4. The lowest BCUT2D eigenvalue weighted by atomic mass is 10.1. The fourth-order valence-electron chi connectivity index (χ4n) is 3.34. The molecule has 0 saturated carbocycles. The molecule has 2 amide bonds. The molecule has 1 N–H and O–H groups in total. The van der Waals surface area contributed by atoms with E-state index in [0.717, 1.165) is 37.2 Å². The summed E-state index contributed by atoms with van der Waals surface area (Å²) in [6.45, 7) is 5.33. The van der Waals surface area contributed by atoms with E-state index in [1.54, 1.807) is 11.3 Å². The van der Waals surface area contributed by atoms with Crippen LogP contribution in [0.4, 0.5) is 5.69 Å². The second-order valence-corrected chi connectivity index (χ2v) is 7.83. The number of carbonyl (C=O) groups excluding carboxylic acids is 2. The molecule has 1 aliphatic heterocycles. The Morgan fingerprint density at radius 1 is 1.07 bits per heavy atom. The zero-order valence-electron chi connectivity index (χ0n) is 15.8. The molecule has 1 aromatic carbocycles. The number of piperazine rings is 1. The van der Waals surface area contributed by atoms with Crippen LogP contribution >= 0.6 is 11.3 Å². The lowest BCUT2D eigenvalue weighted by molar-refractivity contribution is -0.133. The molecule has 0 bridgehead atoms. The van der Waals surface area contributed by atoms with Crippen molar-refractivity contribution in [2.45, 2.75) is 26.2 Å². The van der Waals surface area contributed by atoms with E-state index >= 15 is 0 Å². The first-order chi connectivity index (χ1) is 13.2. The lowest BCUT2D eigenvalue weighted by Crippen LogP contribution is -2.50. The van der Waals surface area contributed by atoms with Crippen LogP contribution in [0, 0.1) is 0 Å². The SMILES string of the molecule is CCc1ccccc1NC(=O)CN1CCN(C(=O)CCc2cccs2)CC1. The Balaban J connectivity index is 1.41. The topological polar surface area (TPSA) is 52.7 Å². The Bertz CT molecular complexity index is 753. The standard InChI is InChI=1S/C21H27N3O2S/c1-2-17-6-3-4-8-19(17)22-20(25)16-23-11-13-24(14-12-23)21(26)10-9-18-7-5-15-27-18/h3-8,15H,2,9-14,16H2,1H3,(H,22,25). The van der Waals surface area contributed by atoms with Gasteiger partial charge in [0.25, 0.3) is 0 Å². The van der Waals surface area contributed by atoms with E-state index in [-0.39, 0.29) is 11.8 Å². The highest BCUT2D eigenvalue weighted by Crippen LogP contribution is 2.16. The Labute approximate surface area is 165 Å². The molecule has 1 aromatic heterocycles. The molecule has 1 aliphatic rings. The summed E-state index contributed by atoms with van der Waals surface area (Å²) in [4.78, 5) is 30.0. The van der Waals surface area contributed by atoms with Gasteiger partial charge in [-0.25, -0.2) is 0 Å². The summed E-state index contributed by atoms with van der Waals surface area (Å²) >= 11 is 1.70. The number of para-hydroxylation sites is 1. The predicted octanol–water partition coefficient (Wildman–Crippen LogP) is 3.03. The van der Waals surface area contributed by atoms with Crippen molar-refractivity contribution in [1.82, 2.24) is 9.80 Å². The van der Waals surface area contributed by atoms with Crippen molar-refractivity contribution in [1.29, 1.82) is 0 Å². The molecule has 27 heavy (non-hydrogen) atoms. The molecule has 3 rings (SSSR count). The second kappa shape index (κ2) is 9.67. The predicted molar refractivity (Wildman–Crippen MR) is 110 cm³/mol. The number of carbonyl (C=O) groups is 2. The normalized spacial score (nSPS) is 14.9. The van der Waals surface area contributed by atoms with Gasteiger partial charge in [0.05, 0.1) is 6.54 Å². The Morgan fingerprint density at radius 2 is 1.85 bits per heavy atom. The van der Waals surface area contributed by atoms with Gasteiger partial charge in [0.15, 0.2) is 0 Å². The van der Waals surface area contributed by atoms with Crippen molar-refractivity contribution in [2.24, 2.45) is 0 Å². The zero-order chi connectivity index (χ0) is 19.1. The highest BCUT2D eigenvalue weighted by atomic mass is 32.1. The van der Waals surface area contributed by atoms with E-state index in [0.29, 0.717) is 26.1 Å². The molecule has 1 saturated heterocycles. The number of benzene rings is 1. The summed E-state index contributed by atoms with van der Waals surface area (Å²) in [6, 6.07) is 12.0. The van der Waals surface area contributed by atoms with E-state index < -0.39 is 0 Å². The number of anilines is 1. The quantitative estimate of drug-likeness (QED) is 0.797. The monoisotopic (exact) mass is 385 g/mol. The molecule has 144 valence electrons. The van der Waals surface area contributed by atoms with Crippen molar-refractivity contribution in [3.05, 3.63) is 52.2 Å². The number of rotatable bonds is 7. The first kappa shape index (κ1) is 19.6. The van der Waals surface area contributed by atoms with Gasteiger partial charge in [-0.05, 0) is 35.9 Å². The number of thiophene rings is 1. The Kier molecular flexibility index (Phi) is 7.01. The van der Waals surface area contributed by atoms with Crippen LogP contribution in [0.25, 0.3) is 0 Å². The summed E-state index contributed by atoms with van der Waals surface area (Å²) in [5, 5.41) is 5.06. The molecule has 2 heterocycles. The summed E-state index contributed by atoms with van der Waals surface area (Å²) in [5.41, 5.74) is 2.04. The maximum Gasteiger partial charge on any atom is 0.238 e. The van der Waals surface area contributed by atoms with E-state index in [9.17, 15) is 9.59 Å². The van der Waals surface area contributed by atoms with Crippen molar-refractivity contribution in [3.63, 3.8) is 0 Å². The van der Waals surface area contributed by atoms with Gasteiger partial charge < -0.3 is 10.2 Å². The molecule has 0 radical (unpaired) electrons. The number of aryl methyl sites for hydroxylation is 2. The van der Waals surface area contributed by atoms with Crippen molar-refractivity contribution >= 4 is 28.8 Å². The lowest BCUT2D eigenvalue weighted by Gasteiger charge is -2.34. The molecule has 0 unspecified atom stereocenters. The molecule has 0 spiro atoms. The van der Waals surface area contributed by atoms with E-state index in [1.807, 2.05) is 40.6 Å². The van der Waals surface area contributed by atoms with Crippen LogP contribution < -0.4 is 5.32 Å². The van der Waals surface area contributed by atoms with Gasteiger partial charge in [0.1, 0.15) is 0 Å². The van der Waals surface area contributed by atoms with Gasteiger partial charge in [-0.2, -0.15) is 0 Å². The third-order valence-electron chi connectivity index (χ3n) is 4.93. The first-order valence-corrected chi connectivity index (χ1v) is 10.4. The number of amides is 2. The van der Waals surface area contributed by atoms with E-state index in [2.05, 4.69) is 23.2 Å². The van der Waals surface area contributed by atoms with Crippen LogP contribution in [0.15, 0.2) is 41.8 Å². The van der Waals surface area contributed by atoms with Crippen molar-refractivity contribution < 1.29 is 9.59 Å². The van der Waals surface area contributed by atoms with Crippen LogP contribution in [-0.2, 0) is 22.4 Å². The third kappa shape index (κ3) is 5.65. The summed E-state index contributed by atoms with van der Waals surface area (Å²) in [5.74, 6) is 0.220. The molecule has 0 atom stereocenters. The van der Waals surface area contributed by atoms with Crippen LogP contribution in [-0.4, -0.2) is 54.3 Å². The van der Waals surface area contributed by atoms with Crippen LogP contribution in [0.1, 0.15) is 23.8 Å². The minimum Gasteiger partial charge on any atom is -0.340 e. The summed E-state index contributed by atoms with van der Waals surface area (Å²) < 4.78 is 0. The van der Waals surface area contributed by atoms with E-state index in [1.165, 1.54) is 4.88 Å². The molecule has 0 aliphatic carbocycles. The zero-order valence-corrected chi connectivity index (χ0v) is 16.6. The maximum absolute atomic E-state index is 12.4.